The van der Waals surface area contributed by atoms with Gasteiger partial charge in [0, 0.05) is 24.4 Å². The van der Waals surface area contributed by atoms with Gasteiger partial charge in [0.15, 0.2) is 0 Å². The highest BCUT2D eigenvalue weighted by Crippen LogP contribution is 2.54. The average molecular weight is 1640 g/mol. The van der Waals surface area contributed by atoms with Gasteiger partial charge >= 0.3 is 55.6 Å². The molecule has 3 atom stereocenters. The third kappa shape index (κ3) is 20.5. The molecule has 0 aromatic heterocycles. The molecule has 30 heteroatoms. The molecule has 0 fully saturated rings. The van der Waals surface area contributed by atoms with Crippen molar-refractivity contribution in [2.75, 3.05) is 0 Å². The van der Waals surface area contributed by atoms with Crippen LogP contribution in [0.2, 0.25) is 0 Å². The van der Waals surface area contributed by atoms with Crippen molar-refractivity contribution in [3.05, 3.63) is 304 Å². The van der Waals surface area contributed by atoms with Crippen LogP contribution in [-0.2, 0) is 80.5 Å². The smallest absolute Gasteiger partial charge is 0.166 e. The third-order valence-corrected chi connectivity index (χ3v) is 25.4. The van der Waals surface area contributed by atoms with Gasteiger partial charge in [-0.25, -0.2) is 0 Å². The van der Waals surface area contributed by atoms with Gasteiger partial charge in [-0.05, 0) is 274 Å². The first kappa shape index (κ1) is 85.0. The number of hydrogen-bond acceptors (Lipinski definition) is 0. The zero-order chi connectivity index (χ0) is 82.2. The maximum Gasteiger partial charge on any atom is 0.416 e. The van der Waals surface area contributed by atoms with Crippen LogP contribution in [0, 0.1) is 48.5 Å². The van der Waals surface area contributed by atoms with E-state index >= 15 is 119 Å². The maximum absolute atomic E-state index is 15.2. The first-order valence-corrected chi connectivity index (χ1v) is 37.7. The van der Waals surface area contributed by atoms with E-state index in [2.05, 4.69) is 0 Å². The van der Waals surface area contributed by atoms with E-state index in [1.165, 1.54) is 57.2 Å². The monoisotopic (exact) mass is 1640 g/mol. The van der Waals surface area contributed by atoms with E-state index in [4.69, 9.17) is 0 Å². The Bertz CT molecular complexity index is 4810. The second-order valence-corrected chi connectivity index (χ2v) is 33.8. The van der Waals surface area contributed by atoms with Gasteiger partial charge in [-0.3, -0.25) is 0 Å². The molecule has 0 radical (unpaired) electrons. The lowest BCUT2D eigenvalue weighted by Gasteiger charge is -2.30. The fraction of sp³-hybridized carbons (Fsp3) is 0.259. The highest BCUT2D eigenvalue weighted by Gasteiger charge is 2.43. The largest absolute Gasteiger partial charge is 0.416 e. The highest BCUT2D eigenvalue weighted by atomic mass is 31.1. The first-order valence-electron chi connectivity index (χ1n) is 33.1. The van der Waals surface area contributed by atoms with Gasteiger partial charge in [-0.2, -0.15) is 119 Å². The molecule has 0 N–H and O–H groups in total. The van der Waals surface area contributed by atoms with E-state index in [1.54, 1.807) is 32.0 Å². The molecular formula is C81H60F27P3. The Morgan fingerprint density at radius 3 is 0.676 bits per heavy atom. The third-order valence-electron chi connectivity index (χ3n) is 18.2. The second-order valence-electron chi connectivity index (χ2n) is 27.2. The van der Waals surface area contributed by atoms with Crippen molar-refractivity contribution in [1.29, 1.82) is 0 Å². The van der Waals surface area contributed by atoms with Crippen molar-refractivity contribution in [1.82, 2.24) is 0 Å². The second kappa shape index (κ2) is 31.2. The Hall–Kier alpha value is -8.40. The number of alkyl halides is 27. The van der Waals surface area contributed by atoms with Gasteiger partial charge in [-0.15, -0.1) is 0 Å². The van der Waals surface area contributed by atoms with Crippen molar-refractivity contribution in [3.63, 3.8) is 0 Å². The molecule has 0 spiro atoms. The number of halogens is 27. The summed E-state index contributed by atoms with van der Waals surface area (Å²) >= 11 is 0. The number of hydrogen-bond donors (Lipinski definition) is 0. The molecule has 111 heavy (non-hydrogen) atoms. The Kier molecular flexibility index (Phi) is 23.9. The van der Waals surface area contributed by atoms with Gasteiger partial charge in [0.05, 0.1) is 50.1 Å². The van der Waals surface area contributed by atoms with Crippen molar-refractivity contribution < 1.29 is 119 Å². The molecule has 3 unspecified atom stereocenters. The van der Waals surface area contributed by atoms with Gasteiger partial charge < -0.3 is 0 Å². The fourth-order valence-corrected chi connectivity index (χ4v) is 21.3. The van der Waals surface area contributed by atoms with Crippen molar-refractivity contribution in [2.24, 2.45) is 0 Å². The van der Waals surface area contributed by atoms with Crippen molar-refractivity contribution in [2.45, 2.75) is 135 Å². The summed E-state index contributed by atoms with van der Waals surface area (Å²) in [7, 11) is -8.44. The van der Waals surface area contributed by atoms with Gasteiger partial charge in [0.1, 0.15) is 0 Å². The first-order chi connectivity index (χ1) is 51.0. The van der Waals surface area contributed by atoms with Crippen LogP contribution < -0.4 is 31.8 Å². The van der Waals surface area contributed by atoms with Crippen LogP contribution in [0.4, 0.5) is 119 Å². The summed E-state index contributed by atoms with van der Waals surface area (Å²) in [5.41, 5.74) is -18.1. The van der Waals surface area contributed by atoms with E-state index in [1.807, 2.05) is 0 Å². The van der Waals surface area contributed by atoms with E-state index in [0.29, 0.717) is 65.0 Å². The summed E-state index contributed by atoms with van der Waals surface area (Å²) in [6.07, 6.45) is -52.2. The summed E-state index contributed by atoms with van der Waals surface area (Å²) < 4.78 is 411. The summed E-state index contributed by atoms with van der Waals surface area (Å²) in [5.74, 6) is -2.19. The van der Waals surface area contributed by atoms with Crippen molar-refractivity contribution in [3.8, 4) is 11.1 Å². The molecule has 0 aliphatic carbocycles. The summed E-state index contributed by atoms with van der Waals surface area (Å²) in [6.45, 7) is 9.20. The van der Waals surface area contributed by atoms with Crippen LogP contribution in [0.1, 0.15) is 128 Å². The predicted molar refractivity (Wildman–Crippen MR) is 377 cm³/mol. The molecule has 10 rings (SSSR count). The molecule has 588 valence electrons. The van der Waals surface area contributed by atoms with Gasteiger partial charge in [0.2, 0.25) is 0 Å². The molecule has 10 aromatic carbocycles. The standard InChI is InChI=1S/C81H60F27P3/c1-42-14-43(2)22-64(21-42)109(65-23-45(4)17-56(33-65)74(85,86)87)40-51-12-9-13-52(41-110(66-24-46(5)18-57(34-66)75(88,89)90)67-25-47(6)19-58(35-67)76(91,92)93)72(51)71-49(30-70(53-15-44(3)16-55(27-53)73(82,83)84)54-28-60(78(97,98)99)31-61(29-54)79(100,101)102)10-8-11-50(71)39-111(68-26-48(7)20-59(36-68)77(94,95)96)69-37-62(80(103,104)105)32-63(38-69)81(106,107)108/h8-29,31-38,70H,30,39-41H2,1-7H3. The number of aryl methyl sites for hydroxylation is 7. The van der Waals surface area contributed by atoms with Crippen LogP contribution in [0.15, 0.2) is 182 Å². The highest BCUT2D eigenvalue weighted by molar-refractivity contribution is 7.73. The summed E-state index contributed by atoms with van der Waals surface area (Å²) in [4.78, 5) is 0. The molecule has 0 saturated carbocycles. The quantitative estimate of drug-likeness (QED) is 0.0630. The Morgan fingerprint density at radius 1 is 0.216 bits per heavy atom. The Balaban J connectivity index is 1.44. The predicted octanol–water partition coefficient (Wildman–Crippen LogP) is 26.0. The van der Waals surface area contributed by atoms with E-state index < -0.39 is 199 Å². The number of benzene rings is 10. The minimum Gasteiger partial charge on any atom is -0.166 e. The minimum atomic E-state index is -5.67. The average Bonchev–Trinajstić information content (AvgIpc) is 0.755. The SMILES string of the molecule is Cc1cc(C)cc(P(Cc2cccc(CP(c3cc(C)cc(C(F)(F)F)c3)c3cc(C)cc(C(F)(F)F)c3)c2-c2c(CC(c3cc(C)cc(C(F)(F)F)c3)c3cc(C(F)(F)F)cc(C(F)(F)F)c3)cccc2CP(c2cc(C)cc(C(F)(F)F)c2)c2cc(C(F)(F)F)cc(C(F)(F)F)c2)c2cc(C)cc(C(F)(F)F)c2)c1. The molecule has 0 heterocycles. The zero-order valence-electron chi connectivity index (χ0n) is 58.8. The van der Waals surface area contributed by atoms with Crippen LogP contribution in [0.3, 0.4) is 0 Å². The molecule has 0 amide bonds. The topological polar surface area (TPSA) is 0 Å². The van der Waals surface area contributed by atoms with Gasteiger partial charge in [-0.1, -0.05) is 102 Å². The lowest BCUT2D eigenvalue weighted by Crippen LogP contribution is -2.22. The van der Waals surface area contributed by atoms with E-state index in [-0.39, 0.29) is 96.8 Å². The Labute approximate surface area is 622 Å². The summed E-state index contributed by atoms with van der Waals surface area (Å²) in [6, 6.07) is 24.6. The van der Waals surface area contributed by atoms with Crippen LogP contribution in [0.25, 0.3) is 11.1 Å². The Morgan fingerprint density at radius 2 is 0.405 bits per heavy atom. The van der Waals surface area contributed by atoms with Crippen LogP contribution in [-0.4, -0.2) is 0 Å². The fourth-order valence-electron chi connectivity index (χ4n) is 13.6. The van der Waals surface area contributed by atoms with Crippen molar-refractivity contribution >= 4 is 55.6 Å². The lowest BCUT2D eigenvalue weighted by molar-refractivity contribution is -0.144. The van der Waals surface area contributed by atoms with Crippen LogP contribution in [0.5, 0.6) is 0 Å². The normalized spacial score (nSPS) is 14.0. The molecule has 0 bridgehead atoms. The van der Waals surface area contributed by atoms with Gasteiger partial charge in [0.25, 0.3) is 0 Å². The molecule has 0 aliphatic heterocycles. The molecule has 0 saturated heterocycles. The zero-order valence-corrected chi connectivity index (χ0v) is 61.5. The maximum atomic E-state index is 15.2. The summed E-state index contributed by atoms with van der Waals surface area (Å²) in [5, 5.41) is -1.86. The molecule has 0 nitrogen and oxygen atoms in total. The van der Waals surface area contributed by atoms with Crippen LogP contribution >= 0.6 is 23.8 Å². The molecular weight excluding hydrogens is 1580 g/mol. The van der Waals surface area contributed by atoms with E-state index in [0.717, 1.165) is 56.3 Å². The molecule has 10 aromatic rings. The molecule has 0 aliphatic rings. The van der Waals surface area contributed by atoms with E-state index in [9.17, 15) is 0 Å². The number of rotatable bonds is 17. The lowest BCUT2D eigenvalue weighted by atomic mass is 9.80. The minimum absolute atomic E-state index is 0.0253.